The van der Waals surface area contributed by atoms with Crippen LogP contribution in [0.2, 0.25) is 5.02 Å². The lowest BCUT2D eigenvalue weighted by Crippen LogP contribution is -2.12. The van der Waals surface area contributed by atoms with Crippen molar-refractivity contribution in [2.75, 3.05) is 6.61 Å². The van der Waals surface area contributed by atoms with Gasteiger partial charge in [-0.1, -0.05) is 23.7 Å². The number of aromatic amines is 1. The minimum absolute atomic E-state index is 0.199. The van der Waals surface area contributed by atoms with E-state index in [1.54, 1.807) is 12.1 Å². The van der Waals surface area contributed by atoms with Crippen molar-refractivity contribution >= 4 is 11.6 Å². The van der Waals surface area contributed by atoms with Crippen molar-refractivity contribution in [2.24, 2.45) is 0 Å². The number of nitrogens with one attached hydrogen (secondary N) is 1. The van der Waals surface area contributed by atoms with Gasteiger partial charge in [0.05, 0.1) is 5.69 Å². The molecule has 18 heavy (non-hydrogen) atoms. The number of rotatable bonds is 4. The maximum absolute atomic E-state index is 11.5. The van der Waals surface area contributed by atoms with Crippen molar-refractivity contribution in [3.63, 3.8) is 0 Å². The van der Waals surface area contributed by atoms with Crippen molar-refractivity contribution in [3.8, 4) is 11.3 Å². The van der Waals surface area contributed by atoms with E-state index in [1.807, 2.05) is 19.1 Å². The first-order valence-electron chi connectivity index (χ1n) is 5.63. The summed E-state index contributed by atoms with van der Waals surface area (Å²) >= 11 is 5.92. The molecular formula is C13H13ClN2O2. The molecule has 1 aromatic carbocycles. The zero-order valence-electron chi connectivity index (χ0n) is 9.94. The second-order valence-corrected chi connectivity index (χ2v) is 4.16. The Morgan fingerprint density at radius 2 is 2.22 bits per heavy atom. The van der Waals surface area contributed by atoms with Gasteiger partial charge in [-0.25, -0.2) is 4.98 Å². The summed E-state index contributed by atoms with van der Waals surface area (Å²) in [6, 6.07) is 8.68. The number of benzene rings is 1. The van der Waals surface area contributed by atoms with E-state index < -0.39 is 0 Å². The summed E-state index contributed by atoms with van der Waals surface area (Å²) in [6.07, 6.45) is 0. The number of halogens is 1. The Labute approximate surface area is 110 Å². The van der Waals surface area contributed by atoms with Gasteiger partial charge in [0.15, 0.2) is 0 Å². The van der Waals surface area contributed by atoms with Gasteiger partial charge in [-0.3, -0.25) is 4.79 Å². The zero-order chi connectivity index (χ0) is 13.0. The first kappa shape index (κ1) is 12.8. The fraction of sp³-hybridized carbons (Fsp3) is 0.231. The third-order valence-corrected chi connectivity index (χ3v) is 2.59. The van der Waals surface area contributed by atoms with Crippen LogP contribution in [0.5, 0.6) is 0 Å². The molecule has 0 amide bonds. The number of hydrogen-bond donors (Lipinski definition) is 1. The maximum Gasteiger partial charge on any atom is 0.251 e. The molecule has 0 radical (unpaired) electrons. The van der Waals surface area contributed by atoms with Crippen LogP contribution in [-0.4, -0.2) is 16.6 Å². The van der Waals surface area contributed by atoms with Gasteiger partial charge in [-0.2, -0.15) is 0 Å². The lowest BCUT2D eigenvalue weighted by Gasteiger charge is -2.05. The SMILES string of the molecule is CCOCc1nc(-c2cccc(Cl)c2)cc(=O)[nH]1. The zero-order valence-corrected chi connectivity index (χ0v) is 10.7. The van der Waals surface area contributed by atoms with Gasteiger partial charge >= 0.3 is 0 Å². The van der Waals surface area contributed by atoms with Crippen LogP contribution in [0.25, 0.3) is 11.3 Å². The number of H-pyrrole nitrogens is 1. The van der Waals surface area contributed by atoms with Crippen LogP contribution in [0.1, 0.15) is 12.7 Å². The summed E-state index contributed by atoms with van der Waals surface area (Å²) in [6.45, 7) is 2.75. The summed E-state index contributed by atoms with van der Waals surface area (Å²) in [4.78, 5) is 18.5. The Bertz CT molecular complexity index is 596. The van der Waals surface area contributed by atoms with E-state index in [4.69, 9.17) is 16.3 Å². The van der Waals surface area contributed by atoms with Crippen LogP contribution in [0.4, 0.5) is 0 Å². The van der Waals surface area contributed by atoms with Gasteiger partial charge in [0, 0.05) is 23.3 Å². The lowest BCUT2D eigenvalue weighted by molar-refractivity contribution is 0.128. The minimum atomic E-state index is -0.199. The molecule has 0 aliphatic carbocycles. The molecule has 4 nitrogen and oxygen atoms in total. The Balaban J connectivity index is 2.38. The van der Waals surface area contributed by atoms with Gasteiger partial charge < -0.3 is 9.72 Å². The van der Waals surface area contributed by atoms with E-state index >= 15 is 0 Å². The van der Waals surface area contributed by atoms with Gasteiger partial charge in [-0.05, 0) is 19.1 Å². The normalized spacial score (nSPS) is 10.6. The monoisotopic (exact) mass is 264 g/mol. The smallest absolute Gasteiger partial charge is 0.251 e. The standard InChI is InChI=1S/C13H13ClN2O2/c1-2-18-8-12-15-11(7-13(17)16-12)9-4-3-5-10(14)6-9/h3-7H,2,8H2,1H3,(H,15,16,17). The average molecular weight is 265 g/mol. The van der Waals surface area contributed by atoms with Gasteiger partial charge in [0.2, 0.25) is 0 Å². The van der Waals surface area contributed by atoms with Crippen molar-refractivity contribution in [2.45, 2.75) is 13.5 Å². The molecule has 1 N–H and O–H groups in total. The number of aromatic nitrogens is 2. The van der Waals surface area contributed by atoms with E-state index in [1.165, 1.54) is 6.07 Å². The van der Waals surface area contributed by atoms with Crippen LogP contribution in [0.15, 0.2) is 35.1 Å². The predicted octanol–water partition coefficient (Wildman–Crippen LogP) is 2.63. The molecule has 0 bridgehead atoms. The summed E-state index contributed by atoms with van der Waals surface area (Å²) in [7, 11) is 0. The van der Waals surface area contributed by atoms with Crippen LogP contribution in [-0.2, 0) is 11.3 Å². The molecule has 94 valence electrons. The van der Waals surface area contributed by atoms with Gasteiger partial charge in [-0.15, -0.1) is 0 Å². The Morgan fingerprint density at radius 3 is 2.94 bits per heavy atom. The van der Waals surface area contributed by atoms with Gasteiger partial charge in [0.1, 0.15) is 12.4 Å². The molecule has 0 atom stereocenters. The van der Waals surface area contributed by atoms with Crippen LogP contribution in [0, 0.1) is 0 Å². The topological polar surface area (TPSA) is 55.0 Å². The summed E-state index contributed by atoms with van der Waals surface area (Å²) in [5.74, 6) is 0.513. The molecule has 1 heterocycles. The third-order valence-electron chi connectivity index (χ3n) is 2.35. The van der Waals surface area contributed by atoms with Crippen LogP contribution in [0.3, 0.4) is 0 Å². The number of nitrogens with zero attached hydrogens (tertiary/aromatic N) is 1. The Kier molecular flexibility index (Phi) is 4.12. The number of hydrogen-bond acceptors (Lipinski definition) is 3. The molecule has 0 saturated heterocycles. The van der Waals surface area contributed by atoms with Crippen LogP contribution >= 0.6 is 11.6 Å². The van der Waals surface area contributed by atoms with E-state index in [0.29, 0.717) is 29.8 Å². The maximum atomic E-state index is 11.5. The molecule has 1 aromatic heterocycles. The largest absolute Gasteiger partial charge is 0.374 e. The van der Waals surface area contributed by atoms with Crippen molar-refractivity contribution < 1.29 is 4.74 Å². The van der Waals surface area contributed by atoms with Gasteiger partial charge in [0.25, 0.3) is 5.56 Å². The second kappa shape index (κ2) is 5.80. The molecule has 0 fully saturated rings. The van der Waals surface area contributed by atoms with E-state index in [9.17, 15) is 4.79 Å². The lowest BCUT2D eigenvalue weighted by atomic mass is 10.1. The molecule has 2 rings (SSSR count). The summed E-state index contributed by atoms with van der Waals surface area (Å²) < 4.78 is 5.23. The van der Waals surface area contributed by atoms with Crippen molar-refractivity contribution in [3.05, 3.63) is 51.5 Å². The first-order chi connectivity index (χ1) is 8.69. The second-order valence-electron chi connectivity index (χ2n) is 3.72. The molecule has 0 spiro atoms. The molecule has 0 aliphatic heterocycles. The fourth-order valence-electron chi connectivity index (χ4n) is 1.57. The quantitative estimate of drug-likeness (QED) is 0.924. The Morgan fingerprint density at radius 1 is 1.39 bits per heavy atom. The van der Waals surface area contributed by atoms with Crippen molar-refractivity contribution in [1.82, 2.24) is 9.97 Å². The molecule has 0 aliphatic rings. The molecule has 0 unspecified atom stereocenters. The summed E-state index contributed by atoms with van der Waals surface area (Å²) in [5, 5.41) is 0.612. The highest BCUT2D eigenvalue weighted by Crippen LogP contribution is 2.19. The van der Waals surface area contributed by atoms with E-state index in [-0.39, 0.29) is 5.56 Å². The van der Waals surface area contributed by atoms with E-state index in [2.05, 4.69) is 9.97 Å². The fourth-order valence-corrected chi connectivity index (χ4v) is 1.76. The highest BCUT2D eigenvalue weighted by Gasteiger charge is 2.04. The molecular weight excluding hydrogens is 252 g/mol. The minimum Gasteiger partial charge on any atom is -0.374 e. The first-order valence-corrected chi connectivity index (χ1v) is 6.01. The Hall–Kier alpha value is -1.65. The highest BCUT2D eigenvalue weighted by molar-refractivity contribution is 6.30. The number of ether oxygens (including phenoxy) is 1. The molecule has 0 saturated carbocycles. The highest BCUT2D eigenvalue weighted by atomic mass is 35.5. The third kappa shape index (κ3) is 3.18. The predicted molar refractivity (Wildman–Crippen MR) is 70.6 cm³/mol. The van der Waals surface area contributed by atoms with Crippen molar-refractivity contribution in [1.29, 1.82) is 0 Å². The molecule has 2 aromatic rings. The van der Waals surface area contributed by atoms with Crippen LogP contribution < -0.4 is 5.56 Å². The summed E-state index contributed by atoms with van der Waals surface area (Å²) in [5.41, 5.74) is 1.21. The molecule has 5 heteroatoms. The average Bonchev–Trinajstić information content (AvgIpc) is 2.36. The van der Waals surface area contributed by atoms with E-state index in [0.717, 1.165) is 5.56 Å².